The molecule has 0 aliphatic heterocycles. The number of hydrogen-bond acceptors (Lipinski definition) is 2. The number of amides is 1. The van der Waals surface area contributed by atoms with Crippen LogP contribution in [-0.4, -0.2) is 35.8 Å². The van der Waals surface area contributed by atoms with E-state index in [1.807, 2.05) is 19.1 Å². The summed E-state index contributed by atoms with van der Waals surface area (Å²) in [6, 6.07) is 7.28. The van der Waals surface area contributed by atoms with Gasteiger partial charge in [0.1, 0.15) is 5.75 Å². The zero-order valence-corrected chi connectivity index (χ0v) is 11.2. The molecule has 94 valence electrons. The van der Waals surface area contributed by atoms with E-state index in [1.54, 1.807) is 12.1 Å². The molecule has 0 aliphatic carbocycles. The average molecular weight is 276 g/mol. The molecule has 0 saturated carbocycles. The minimum atomic E-state index is -0.421. The van der Waals surface area contributed by atoms with Gasteiger partial charge in [-0.15, -0.1) is 23.2 Å². The molecule has 0 fully saturated rings. The van der Waals surface area contributed by atoms with Crippen LogP contribution in [0.4, 0.5) is 4.79 Å². The van der Waals surface area contributed by atoms with Crippen LogP contribution in [0.5, 0.6) is 5.75 Å². The number of carbonyl (C=O) groups excluding carboxylic acids is 1. The van der Waals surface area contributed by atoms with Crippen LogP contribution >= 0.6 is 23.2 Å². The van der Waals surface area contributed by atoms with Crippen molar-refractivity contribution in [3.8, 4) is 5.75 Å². The molecule has 1 aromatic carbocycles. The molecular weight excluding hydrogens is 261 g/mol. The lowest BCUT2D eigenvalue weighted by Gasteiger charge is -2.19. The van der Waals surface area contributed by atoms with Crippen LogP contribution in [0.15, 0.2) is 24.3 Å². The van der Waals surface area contributed by atoms with Gasteiger partial charge in [0, 0.05) is 24.8 Å². The Bertz CT molecular complexity index is 348. The van der Waals surface area contributed by atoms with Crippen molar-refractivity contribution in [1.82, 2.24) is 4.90 Å². The third-order valence-electron chi connectivity index (χ3n) is 2.19. The van der Waals surface area contributed by atoms with Crippen LogP contribution in [0.2, 0.25) is 0 Å². The van der Waals surface area contributed by atoms with Gasteiger partial charge < -0.3 is 9.64 Å². The number of benzene rings is 1. The molecule has 0 radical (unpaired) electrons. The first-order chi connectivity index (χ1) is 8.17. The summed E-state index contributed by atoms with van der Waals surface area (Å²) in [5, 5.41) is 0. The van der Waals surface area contributed by atoms with Crippen LogP contribution in [0, 0.1) is 6.92 Å². The largest absolute Gasteiger partial charge is 0.415 e. The lowest BCUT2D eigenvalue weighted by Crippen LogP contribution is -2.36. The summed E-state index contributed by atoms with van der Waals surface area (Å²) in [4.78, 5) is 13.2. The quantitative estimate of drug-likeness (QED) is 0.772. The van der Waals surface area contributed by atoms with E-state index in [0.717, 1.165) is 5.56 Å². The van der Waals surface area contributed by atoms with Crippen molar-refractivity contribution in [3.63, 3.8) is 0 Å². The highest BCUT2D eigenvalue weighted by molar-refractivity contribution is 6.18. The van der Waals surface area contributed by atoms with Gasteiger partial charge in [0.05, 0.1) is 0 Å². The molecule has 1 rings (SSSR count). The van der Waals surface area contributed by atoms with Crippen molar-refractivity contribution in [2.45, 2.75) is 6.92 Å². The van der Waals surface area contributed by atoms with Crippen molar-refractivity contribution >= 4 is 29.3 Å². The summed E-state index contributed by atoms with van der Waals surface area (Å²) in [5.41, 5.74) is 1.11. The molecule has 0 aromatic heterocycles. The summed E-state index contributed by atoms with van der Waals surface area (Å²) in [6.07, 6.45) is -0.421. The van der Waals surface area contributed by atoms with Gasteiger partial charge >= 0.3 is 6.09 Å². The minimum absolute atomic E-state index is 0.361. The Morgan fingerprint density at radius 3 is 2.18 bits per heavy atom. The summed E-state index contributed by atoms with van der Waals surface area (Å²) in [6.45, 7) is 2.83. The maximum absolute atomic E-state index is 11.8. The highest BCUT2D eigenvalue weighted by atomic mass is 35.5. The van der Waals surface area contributed by atoms with Crippen LogP contribution in [-0.2, 0) is 0 Å². The predicted molar refractivity (Wildman–Crippen MR) is 70.2 cm³/mol. The Kier molecular flexibility index (Phi) is 6.16. The summed E-state index contributed by atoms with van der Waals surface area (Å²) in [7, 11) is 0. The molecule has 1 aromatic rings. The van der Waals surface area contributed by atoms with E-state index in [0.29, 0.717) is 30.6 Å². The van der Waals surface area contributed by atoms with Gasteiger partial charge in [0.15, 0.2) is 0 Å². The Hall–Kier alpha value is -0.930. The van der Waals surface area contributed by atoms with Crippen LogP contribution < -0.4 is 4.74 Å². The molecule has 0 unspecified atom stereocenters. The first kappa shape index (κ1) is 14.1. The fraction of sp³-hybridized carbons (Fsp3) is 0.417. The normalized spacial score (nSPS) is 10.1. The Balaban J connectivity index is 2.59. The van der Waals surface area contributed by atoms with Gasteiger partial charge in [-0.1, -0.05) is 17.7 Å². The summed E-state index contributed by atoms with van der Waals surface area (Å²) >= 11 is 11.2. The standard InChI is InChI=1S/C12H15Cl2NO2/c1-10-2-4-11(5-3-10)17-12(16)15(8-6-13)9-7-14/h2-5H,6-9H2,1H3. The van der Waals surface area contributed by atoms with E-state index in [4.69, 9.17) is 27.9 Å². The third kappa shape index (κ3) is 4.84. The zero-order chi connectivity index (χ0) is 12.7. The van der Waals surface area contributed by atoms with Crippen molar-refractivity contribution in [1.29, 1.82) is 0 Å². The van der Waals surface area contributed by atoms with Gasteiger partial charge in [0.2, 0.25) is 0 Å². The Morgan fingerprint density at radius 1 is 1.18 bits per heavy atom. The molecule has 17 heavy (non-hydrogen) atoms. The average Bonchev–Trinajstić information content (AvgIpc) is 2.32. The number of rotatable bonds is 5. The molecule has 0 aliphatic rings. The number of halogens is 2. The second-order valence-corrected chi connectivity index (χ2v) is 4.30. The number of alkyl halides is 2. The third-order valence-corrected chi connectivity index (χ3v) is 2.53. The lowest BCUT2D eigenvalue weighted by molar-refractivity contribution is 0.158. The summed E-state index contributed by atoms with van der Waals surface area (Å²) in [5.74, 6) is 1.24. The molecule has 0 heterocycles. The van der Waals surface area contributed by atoms with Crippen molar-refractivity contribution in [3.05, 3.63) is 29.8 Å². The van der Waals surface area contributed by atoms with Gasteiger partial charge in [0.25, 0.3) is 0 Å². The molecule has 0 N–H and O–H groups in total. The van der Waals surface area contributed by atoms with E-state index in [-0.39, 0.29) is 0 Å². The zero-order valence-electron chi connectivity index (χ0n) is 9.66. The highest BCUT2D eigenvalue weighted by Gasteiger charge is 2.14. The van der Waals surface area contributed by atoms with E-state index >= 15 is 0 Å². The van der Waals surface area contributed by atoms with Crippen LogP contribution in [0.1, 0.15) is 5.56 Å². The maximum atomic E-state index is 11.8. The monoisotopic (exact) mass is 275 g/mol. The van der Waals surface area contributed by atoms with Crippen LogP contribution in [0.25, 0.3) is 0 Å². The van der Waals surface area contributed by atoms with E-state index in [2.05, 4.69) is 0 Å². The fourth-order valence-corrected chi connectivity index (χ4v) is 1.68. The number of carbonyl (C=O) groups is 1. The fourth-order valence-electron chi connectivity index (χ4n) is 1.27. The minimum Gasteiger partial charge on any atom is -0.410 e. The van der Waals surface area contributed by atoms with Crippen LogP contribution in [0.3, 0.4) is 0 Å². The topological polar surface area (TPSA) is 29.5 Å². The molecule has 1 amide bonds. The second kappa shape index (κ2) is 7.41. The number of ether oxygens (including phenoxy) is 1. The molecule has 3 nitrogen and oxygen atoms in total. The SMILES string of the molecule is Cc1ccc(OC(=O)N(CCCl)CCCl)cc1. The molecule has 0 bridgehead atoms. The van der Waals surface area contributed by atoms with Crippen molar-refractivity contribution in [2.75, 3.05) is 24.8 Å². The van der Waals surface area contributed by atoms with E-state index in [9.17, 15) is 4.79 Å². The first-order valence-corrected chi connectivity index (χ1v) is 6.39. The Labute approximate surface area is 111 Å². The van der Waals surface area contributed by atoms with Crippen molar-refractivity contribution < 1.29 is 9.53 Å². The maximum Gasteiger partial charge on any atom is 0.415 e. The van der Waals surface area contributed by atoms with Crippen molar-refractivity contribution in [2.24, 2.45) is 0 Å². The lowest BCUT2D eigenvalue weighted by atomic mass is 10.2. The van der Waals surface area contributed by atoms with Gasteiger partial charge in [-0.25, -0.2) is 4.79 Å². The second-order valence-electron chi connectivity index (χ2n) is 3.55. The van der Waals surface area contributed by atoms with Gasteiger partial charge in [-0.3, -0.25) is 0 Å². The Morgan fingerprint density at radius 2 is 1.71 bits per heavy atom. The van der Waals surface area contributed by atoms with E-state index in [1.165, 1.54) is 4.90 Å². The molecule has 0 saturated heterocycles. The van der Waals surface area contributed by atoms with Gasteiger partial charge in [-0.05, 0) is 19.1 Å². The highest BCUT2D eigenvalue weighted by Crippen LogP contribution is 2.12. The smallest absolute Gasteiger partial charge is 0.410 e. The summed E-state index contributed by atoms with van der Waals surface area (Å²) < 4.78 is 5.21. The number of nitrogens with zero attached hydrogens (tertiary/aromatic N) is 1. The molecule has 0 spiro atoms. The molecule has 0 atom stereocenters. The molecule has 5 heteroatoms. The number of aryl methyl sites for hydroxylation is 1. The van der Waals surface area contributed by atoms with Gasteiger partial charge in [-0.2, -0.15) is 0 Å². The first-order valence-electron chi connectivity index (χ1n) is 5.32. The predicted octanol–water partition coefficient (Wildman–Crippen LogP) is 3.27. The molecular formula is C12H15Cl2NO2. The number of hydrogen-bond donors (Lipinski definition) is 0. The van der Waals surface area contributed by atoms with E-state index < -0.39 is 6.09 Å².